The molecule has 0 amide bonds. The molecule has 1 aromatic carbocycles. The van der Waals surface area contributed by atoms with Gasteiger partial charge in [0.25, 0.3) is 0 Å². The normalized spacial score (nSPS) is 22.6. The first kappa shape index (κ1) is 13.1. The van der Waals surface area contributed by atoms with Crippen LogP contribution < -0.4 is 5.32 Å². The van der Waals surface area contributed by atoms with Crippen molar-refractivity contribution in [1.82, 2.24) is 8.75 Å². The first-order valence-electron chi connectivity index (χ1n) is 6.36. The van der Waals surface area contributed by atoms with Crippen LogP contribution in [0.3, 0.4) is 0 Å². The number of anilines is 1. The number of hydrogen-bond acceptors (Lipinski definition) is 5. The fourth-order valence-corrected chi connectivity index (χ4v) is 3.27. The predicted molar refractivity (Wildman–Crippen MR) is 79.1 cm³/mol. The smallest absolute Gasteiger partial charge is 0.129 e. The average Bonchev–Trinajstić information content (AvgIpc) is 2.80. The molecular weight excluding hydrogens is 282 g/mol. The topological polar surface area (TPSA) is 47.0 Å². The van der Waals surface area contributed by atoms with Gasteiger partial charge in [0, 0.05) is 12.6 Å². The minimum Gasteiger partial charge on any atom is -0.379 e. The molecular formula is C13H16ClN3OS. The van der Waals surface area contributed by atoms with Gasteiger partial charge >= 0.3 is 0 Å². The molecule has 1 N–H and O–H groups in total. The molecule has 19 heavy (non-hydrogen) atoms. The maximum absolute atomic E-state index is 6.29. The van der Waals surface area contributed by atoms with Crippen molar-refractivity contribution in [3.05, 3.63) is 17.2 Å². The van der Waals surface area contributed by atoms with Crippen LogP contribution in [0.25, 0.3) is 11.0 Å². The number of fused-ring (bicyclic) bond motifs is 1. The first-order valence-corrected chi connectivity index (χ1v) is 7.47. The summed E-state index contributed by atoms with van der Waals surface area (Å²) in [5.41, 5.74) is 2.57. The third kappa shape index (κ3) is 2.68. The van der Waals surface area contributed by atoms with Gasteiger partial charge in [-0.1, -0.05) is 11.6 Å². The van der Waals surface area contributed by atoms with Gasteiger partial charge in [0.05, 0.1) is 28.0 Å². The van der Waals surface area contributed by atoms with Crippen LogP contribution in [0.4, 0.5) is 5.69 Å². The van der Waals surface area contributed by atoms with Gasteiger partial charge in [-0.2, -0.15) is 8.75 Å². The fourth-order valence-electron chi connectivity index (χ4n) is 2.52. The highest BCUT2D eigenvalue weighted by Crippen LogP contribution is 2.33. The van der Waals surface area contributed by atoms with Crippen molar-refractivity contribution in [3.63, 3.8) is 0 Å². The van der Waals surface area contributed by atoms with E-state index in [9.17, 15) is 0 Å². The lowest BCUT2D eigenvalue weighted by Gasteiger charge is -2.36. The van der Waals surface area contributed by atoms with E-state index in [2.05, 4.69) is 27.9 Å². The number of hydrogen-bond donors (Lipinski definition) is 1. The van der Waals surface area contributed by atoms with Crippen LogP contribution in [-0.2, 0) is 4.74 Å². The fraction of sp³-hybridized carbons (Fsp3) is 0.538. The first-order chi connectivity index (χ1) is 9.05. The molecule has 4 nitrogen and oxygen atoms in total. The number of ether oxygens (including phenoxy) is 1. The minimum atomic E-state index is -0.0867. The summed E-state index contributed by atoms with van der Waals surface area (Å²) in [6, 6.07) is 4.13. The second-order valence-electron chi connectivity index (χ2n) is 5.50. The Bertz CT molecular complexity index is 599. The molecule has 1 fully saturated rings. The summed E-state index contributed by atoms with van der Waals surface area (Å²) in [4.78, 5) is 0. The van der Waals surface area contributed by atoms with E-state index in [1.165, 1.54) is 11.7 Å². The second-order valence-corrected chi connectivity index (χ2v) is 6.43. The third-order valence-electron chi connectivity index (χ3n) is 3.42. The summed E-state index contributed by atoms with van der Waals surface area (Å²) in [5.74, 6) is 0. The molecule has 2 aromatic rings. The molecule has 2 heterocycles. The summed E-state index contributed by atoms with van der Waals surface area (Å²) in [6.07, 6.45) is 1.94. The summed E-state index contributed by atoms with van der Waals surface area (Å²) in [6.45, 7) is 5.01. The Morgan fingerprint density at radius 2 is 2.26 bits per heavy atom. The lowest BCUT2D eigenvalue weighted by Crippen LogP contribution is -2.40. The van der Waals surface area contributed by atoms with Crippen molar-refractivity contribution in [1.29, 1.82) is 0 Å². The Morgan fingerprint density at radius 3 is 3.05 bits per heavy atom. The zero-order chi connectivity index (χ0) is 13.5. The van der Waals surface area contributed by atoms with E-state index in [1.807, 2.05) is 12.1 Å². The summed E-state index contributed by atoms with van der Waals surface area (Å²) in [7, 11) is 0. The van der Waals surface area contributed by atoms with Crippen molar-refractivity contribution in [2.75, 3.05) is 11.9 Å². The molecule has 1 saturated heterocycles. The SMILES string of the molecule is CC1(C)CC(Nc2c(Cl)ccc3nsnc23)CCO1. The minimum absolute atomic E-state index is 0.0867. The lowest BCUT2D eigenvalue weighted by molar-refractivity contribution is -0.0553. The molecule has 1 atom stereocenters. The average molecular weight is 298 g/mol. The highest BCUT2D eigenvalue weighted by atomic mass is 35.5. The largest absolute Gasteiger partial charge is 0.379 e. The number of halogens is 1. The van der Waals surface area contributed by atoms with Crippen LogP contribution >= 0.6 is 23.3 Å². The Kier molecular flexibility index (Phi) is 3.37. The highest BCUT2D eigenvalue weighted by molar-refractivity contribution is 7.00. The molecule has 0 saturated carbocycles. The zero-order valence-corrected chi connectivity index (χ0v) is 12.5. The van der Waals surface area contributed by atoms with Gasteiger partial charge in [-0.3, -0.25) is 0 Å². The van der Waals surface area contributed by atoms with Gasteiger partial charge in [-0.15, -0.1) is 0 Å². The Balaban J connectivity index is 1.88. The number of benzene rings is 1. The Hall–Kier alpha value is -0.910. The monoisotopic (exact) mass is 297 g/mol. The van der Waals surface area contributed by atoms with Crippen molar-refractivity contribution in [3.8, 4) is 0 Å². The molecule has 1 aromatic heterocycles. The van der Waals surface area contributed by atoms with Gasteiger partial charge in [0.2, 0.25) is 0 Å². The summed E-state index contributed by atoms with van der Waals surface area (Å²) in [5, 5.41) is 4.22. The number of aromatic nitrogens is 2. The lowest BCUT2D eigenvalue weighted by atomic mass is 9.94. The predicted octanol–water partition coefficient (Wildman–Crippen LogP) is 3.71. The van der Waals surface area contributed by atoms with E-state index in [0.717, 1.165) is 36.2 Å². The van der Waals surface area contributed by atoms with E-state index >= 15 is 0 Å². The maximum Gasteiger partial charge on any atom is 0.129 e. The van der Waals surface area contributed by atoms with Gasteiger partial charge < -0.3 is 10.1 Å². The van der Waals surface area contributed by atoms with Crippen molar-refractivity contribution < 1.29 is 4.74 Å². The van der Waals surface area contributed by atoms with Crippen LogP contribution in [0.15, 0.2) is 12.1 Å². The molecule has 6 heteroatoms. The van der Waals surface area contributed by atoms with Gasteiger partial charge in [-0.05, 0) is 38.8 Å². The number of rotatable bonds is 2. The third-order valence-corrected chi connectivity index (χ3v) is 4.28. The van der Waals surface area contributed by atoms with Crippen LogP contribution in [0.2, 0.25) is 5.02 Å². The van der Waals surface area contributed by atoms with Gasteiger partial charge in [0.1, 0.15) is 11.0 Å². The molecule has 102 valence electrons. The van der Waals surface area contributed by atoms with Crippen LogP contribution in [-0.4, -0.2) is 27.0 Å². The quantitative estimate of drug-likeness (QED) is 0.918. The van der Waals surface area contributed by atoms with Crippen molar-refractivity contribution in [2.24, 2.45) is 0 Å². The van der Waals surface area contributed by atoms with E-state index in [1.54, 1.807) is 0 Å². The van der Waals surface area contributed by atoms with Crippen molar-refractivity contribution >= 4 is 40.0 Å². The zero-order valence-electron chi connectivity index (χ0n) is 10.9. The van der Waals surface area contributed by atoms with E-state index < -0.39 is 0 Å². The molecule has 0 spiro atoms. The Morgan fingerprint density at radius 1 is 1.42 bits per heavy atom. The van der Waals surface area contributed by atoms with E-state index in [4.69, 9.17) is 16.3 Å². The highest BCUT2D eigenvalue weighted by Gasteiger charge is 2.29. The van der Waals surface area contributed by atoms with E-state index in [0.29, 0.717) is 11.1 Å². The molecule has 0 bridgehead atoms. The van der Waals surface area contributed by atoms with Crippen LogP contribution in [0.5, 0.6) is 0 Å². The molecule has 1 aliphatic heterocycles. The van der Waals surface area contributed by atoms with Crippen LogP contribution in [0.1, 0.15) is 26.7 Å². The molecule has 1 aliphatic rings. The summed E-state index contributed by atoms with van der Waals surface area (Å²) >= 11 is 7.51. The standard InChI is InChI=1S/C13H16ClN3OS/c1-13(2)7-8(5-6-18-13)15-11-9(14)3-4-10-12(11)17-19-16-10/h3-4,8,15H,5-7H2,1-2H3. The molecule has 1 unspecified atom stereocenters. The van der Waals surface area contributed by atoms with Crippen LogP contribution in [0, 0.1) is 0 Å². The Labute approximate surface area is 121 Å². The maximum atomic E-state index is 6.29. The number of nitrogens with zero attached hydrogens (tertiary/aromatic N) is 2. The van der Waals surface area contributed by atoms with Gasteiger partial charge in [0.15, 0.2) is 0 Å². The molecule has 3 rings (SSSR count). The van der Waals surface area contributed by atoms with E-state index in [-0.39, 0.29) is 5.60 Å². The van der Waals surface area contributed by atoms with Gasteiger partial charge in [-0.25, -0.2) is 0 Å². The molecule has 0 radical (unpaired) electrons. The second kappa shape index (κ2) is 4.89. The summed E-state index contributed by atoms with van der Waals surface area (Å²) < 4.78 is 14.3. The number of nitrogens with one attached hydrogen (secondary N) is 1. The van der Waals surface area contributed by atoms with Crippen molar-refractivity contribution in [2.45, 2.75) is 38.3 Å². The molecule has 0 aliphatic carbocycles.